The molecule has 1 saturated heterocycles. The smallest absolute Gasteiger partial charge is 0.305 e. The first-order valence-electron chi connectivity index (χ1n) is 6.15. The van der Waals surface area contributed by atoms with Crippen molar-refractivity contribution in [1.29, 1.82) is 0 Å². The molecule has 1 aromatic rings. The van der Waals surface area contributed by atoms with Crippen LogP contribution >= 0.6 is 27.5 Å². The van der Waals surface area contributed by atoms with Gasteiger partial charge in [0.1, 0.15) is 6.04 Å². The molecular formula is C13H12BrClN2O4. The van der Waals surface area contributed by atoms with E-state index in [4.69, 9.17) is 16.7 Å². The number of carbonyl (C=O) groups is 3. The van der Waals surface area contributed by atoms with Gasteiger partial charge in [-0.15, -0.1) is 0 Å². The molecule has 2 amide bonds. The summed E-state index contributed by atoms with van der Waals surface area (Å²) in [6.45, 7) is 0.559. The number of hydrogen-bond acceptors (Lipinski definition) is 3. The Morgan fingerprint density at radius 3 is 2.81 bits per heavy atom. The zero-order chi connectivity index (χ0) is 15.6. The molecule has 21 heavy (non-hydrogen) atoms. The number of amides is 2. The van der Waals surface area contributed by atoms with Crippen LogP contribution in [0.1, 0.15) is 16.8 Å². The summed E-state index contributed by atoms with van der Waals surface area (Å²) in [6.07, 6.45) is -0.428. The van der Waals surface area contributed by atoms with Gasteiger partial charge >= 0.3 is 5.97 Å². The molecule has 1 aromatic carbocycles. The summed E-state index contributed by atoms with van der Waals surface area (Å²) < 4.78 is 0.500. The van der Waals surface area contributed by atoms with Crippen LogP contribution in [0.2, 0.25) is 5.02 Å². The van der Waals surface area contributed by atoms with E-state index in [9.17, 15) is 14.4 Å². The number of carbonyl (C=O) groups excluding carboxylic acids is 2. The van der Waals surface area contributed by atoms with E-state index in [2.05, 4.69) is 21.2 Å². The molecule has 0 spiro atoms. The molecule has 0 aromatic heterocycles. The summed E-state index contributed by atoms with van der Waals surface area (Å²) in [5.41, 5.74) is 0.337. The molecule has 6 nitrogen and oxygen atoms in total. The number of benzene rings is 1. The van der Waals surface area contributed by atoms with Gasteiger partial charge in [0.2, 0.25) is 5.91 Å². The maximum Gasteiger partial charge on any atom is 0.305 e. The molecule has 112 valence electrons. The Balaban J connectivity index is 2.30. The number of carboxylic acids is 1. The Kier molecular flexibility index (Phi) is 4.84. The summed E-state index contributed by atoms with van der Waals surface area (Å²) in [6, 6.07) is 3.67. The Morgan fingerprint density at radius 1 is 1.48 bits per heavy atom. The van der Waals surface area contributed by atoms with Crippen LogP contribution in [0.15, 0.2) is 22.7 Å². The first-order valence-corrected chi connectivity index (χ1v) is 7.33. The average molecular weight is 376 g/mol. The van der Waals surface area contributed by atoms with E-state index in [0.29, 0.717) is 21.6 Å². The number of nitrogens with zero attached hydrogens (tertiary/aromatic N) is 1. The van der Waals surface area contributed by atoms with Crippen molar-refractivity contribution in [2.75, 3.05) is 13.1 Å². The van der Waals surface area contributed by atoms with Crippen LogP contribution < -0.4 is 5.32 Å². The van der Waals surface area contributed by atoms with Crippen molar-refractivity contribution in [1.82, 2.24) is 10.2 Å². The number of hydrogen-bond donors (Lipinski definition) is 2. The largest absolute Gasteiger partial charge is 0.481 e. The highest BCUT2D eigenvalue weighted by molar-refractivity contribution is 9.10. The second-order valence-corrected chi connectivity index (χ2v) is 5.82. The Bertz CT molecular complexity index is 608. The topological polar surface area (TPSA) is 86.7 Å². The number of nitrogens with one attached hydrogen (secondary N) is 1. The predicted molar refractivity (Wildman–Crippen MR) is 79.2 cm³/mol. The molecule has 2 rings (SSSR count). The highest BCUT2D eigenvalue weighted by atomic mass is 79.9. The fourth-order valence-corrected chi connectivity index (χ4v) is 3.00. The molecular weight excluding hydrogens is 364 g/mol. The van der Waals surface area contributed by atoms with Crippen molar-refractivity contribution in [2.45, 2.75) is 12.5 Å². The van der Waals surface area contributed by atoms with E-state index >= 15 is 0 Å². The third-order valence-electron chi connectivity index (χ3n) is 3.12. The van der Waals surface area contributed by atoms with Gasteiger partial charge in [-0.2, -0.15) is 0 Å². The lowest BCUT2D eigenvalue weighted by atomic mass is 10.1. The molecule has 8 heteroatoms. The van der Waals surface area contributed by atoms with Gasteiger partial charge in [0.15, 0.2) is 0 Å². The van der Waals surface area contributed by atoms with Crippen LogP contribution in [0.3, 0.4) is 0 Å². The van der Waals surface area contributed by atoms with Gasteiger partial charge in [0.25, 0.3) is 5.91 Å². The third-order valence-corrected chi connectivity index (χ3v) is 4.01. The number of carboxylic acid groups (broad SMARTS) is 1. The quantitative estimate of drug-likeness (QED) is 0.838. The molecule has 0 aliphatic carbocycles. The highest BCUT2D eigenvalue weighted by Gasteiger charge is 2.35. The Labute approximate surface area is 134 Å². The minimum Gasteiger partial charge on any atom is -0.481 e. The molecule has 1 unspecified atom stereocenters. The number of aliphatic carboxylic acids is 1. The fraction of sp³-hybridized carbons (Fsp3) is 0.308. The molecule has 0 saturated carbocycles. The van der Waals surface area contributed by atoms with Gasteiger partial charge in [0, 0.05) is 22.6 Å². The molecule has 1 atom stereocenters. The average Bonchev–Trinajstić information content (AvgIpc) is 2.40. The van der Waals surface area contributed by atoms with Crippen LogP contribution in [0.25, 0.3) is 0 Å². The second-order valence-electron chi connectivity index (χ2n) is 4.53. The van der Waals surface area contributed by atoms with E-state index in [-0.39, 0.29) is 6.54 Å². The lowest BCUT2D eigenvalue weighted by molar-refractivity contribution is -0.142. The Morgan fingerprint density at radius 2 is 2.19 bits per heavy atom. The van der Waals surface area contributed by atoms with Gasteiger partial charge in [-0.05, 0) is 34.1 Å². The summed E-state index contributed by atoms with van der Waals surface area (Å²) in [5.74, 6) is -1.99. The summed E-state index contributed by atoms with van der Waals surface area (Å²) in [4.78, 5) is 36.5. The second kappa shape index (κ2) is 6.44. The number of piperazine rings is 1. The molecule has 1 fully saturated rings. The normalized spacial score (nSPS) is 18.3. The van der Waals surface area contributed by atoms with Gasteiger partial charge < -0.3 is 15.3 Å². The zero-order valence-corrected chi connectivity index (χ0v) is 13.1. The van der Waals surface area contributed by atoms with Crippen molar-refractivity contribution >= 4 is 45.3 Å². The predicted octanol–water partition coefficient (Wildman–Crippen LogP) is 1.52. The van der Waals surface area contributed by atoms with Crippen LogP contribution in [0.4, 0.5) is 0 Å². The summed E-state index contributed by atoms with van der Waals surface area (Å²) in [7, 11) is 0. The van der Waals surface area contributed by atoms with E-state index in [1.807, 2.05) is 0 Å². The number of halogens is 2. The molecule has 1 heterocycles. The van der Waals surface area contributed by atoms with Crippen molar-refractivity contribution in [2.24, 2.45) is 0 Å². The zero-order valence-electron chi connectivity index (χ0n) is 10.8. The van der Waals surface area contributed by atoms with Crippen LogP contribution in [-0.2, 0) is 9.59 Å². The summed E-state index contributed by atoms with van der Waals surface area (Å²) in [5, 5.41) is 11.9. The van der Waals surface area contributed by atoms with Gasteiger partial charge in [0.05, 0.1) is 12.0 Å². The van der Waals surface area contributed by atoms with Crippen molar-refractivity contribution in [3.05, 3.63) is 33.3 Å². The highest BCUT2D eigenvalue weighted by Crippen LogP contribution is 2.24. The standard InChI is InChI=1S/C13H12BrClN2O4/c14-9-5-7(15)1-2-8(9)13(21)17-4-3-16-12(20)10(17)6-11(18)19/h1-2,5,10H,3-4,6H2,(H,16,20)(H,18,19). The Hall–Kier alpha value is -1.60. The molecule has 0 radical (unpaired) electrons. The lowest BCUT2D eigenvalue weighted by Gasteiger charge is -2.34. The van der Waals surface area contributed by atoms with E-state index in [1.54, 1.807) is 18.2 Å². The molecule has 0 bridgehead atoms. The fourth-order valence-electron chi connectivity index (χ4n) is 2.14. The first-order chi connectivity index (χ1) is 9.90. The van der Waals surface area contributed by atoms with Crippen LogP contribution in [0.5, 0.6) is 0 Å². The molecule has 1 aliphatic heterocycles. The van der Waals surface area contributed by atoms with Crippen LogP contribution in [0, 0.1) is 0 Å². The van der Waals surface area contributed by atoms with E-state index < -0.39 is 30.2 Å². The lowest BCUT2D eigenvalue weighted by Crippen LogP contribution is -2.57. The third kappa shape index (κ3) is 3.54. The van der Waals surface area contributed by atoms with E-state index in [1.165, 1.54) is 4.90 Å². The van der Waals surface area contributed by atoms with Gasteiger partial charge in [-0.1, -0.05) is 11.6 Å². The van der Waals surface area contributed by atoms with Gasteiger partial charge in [-0.3, -0.25) is 14.4 Å². The number of rotatable bonds is 3. The molecule has 1 aliphatic rings. The van der Waals surface area contributed by atoms with Crippen molar-refractivity contribution in [3.8, 4) is 0 Å². The van der Waals surface area contributed by atoms with E-state index in [0.717, 1.165) is 0 Å². The minimum atomic E-state index is -1.13. The first kappa shape index (κ1) is 15.8. The maximum atomic E-state index is 12.5. The SMILES string of the molecule is O=C(O)CC1C(=O)NCCN1C(=O)c1ccc(Cl)cc1Br. The van der Waals surface area contributed by atoms with Gasteiger partial charge in [-0.25, -0.2) is 0 Å². The van der Waals surface area contributed by atoms with Crippen molar-refractivity contribution in [3.63, 3.8) is 0 Å². The monoisotopic (exact) mass is 374 g/mol. The van der Waals surface area contributed by atoms with Crippen molar-refractivity contribution < 1.29 is 19.5 Å². The summed E-state index contributed by atoms with van der Waals surface area (Å²) >= 11 is 9.08. The molecule has 2 N–H and O–H groups in total. The minimum absolute atomic E-state index is 0.261. The van der Waals surface area contributed by atoms with Crippen LogP contribution in [-0.4, -0.2) is 46.9 Å². The maximum absolute atomic E-state index is 12.5.